The minimum Gasteiger partial charge on any atom is -0.480 e. The number of nitrogens with one attached hydrogen (secondary N) is 1. The summed E-state index contributed by atoms with van der Waals surface area (Å²) in [5.41, 5.74) is 1.69. The van der Waals surface area contributed by atoms with Crippen LogP contribution in [-0.4, -0.2) is 64.5 Å². The number of carboxylic acid groups (broad SMARTS) is 1. The van der Waals surface area contributed by atoms with Crippen LogP contribution in [0, 0.1) is 0 Å². The van der Waals surface area contributed by atoms with Gasteiger partial charge in [-0.15, -0.1) is 0 Å². The summed E-state index contributed by atoms with van der Waals surface area (Å²) in [5.74, 6) is -0.819. The van der Waals surface area contributed by atoms with Crippen molar-refractivity contribution in [2.45, 2.75) is 0 Å². The Morgan fingerprint density at radius 2 is 1.90 bits per heavy atom. The van der Waals surface area contributed by atoms with E-state index in [1.807, 2.05) is 35.4 Å². The number of aromatic amines is 1. The first kappa shape index (κ1) is 13.6. The van der Waals surface area contributed by atoms with Gasteiger partial charge in [-0.1, -0.05) is 0 Å². The van der Waals surface area contributed by atoms with Gasteiger partial charge in [-0.2, -0.15) is 0 Å². The molecular formula is C15H17N3O3. The number of H-pyrrole nitrogens is 1. The number of benzene rings is 1. The standard InChI is InChI=1S/C15H17N3O3/c19-14(20)10-17-5-7-18(8-6-17)15(21)12-1-2-13-11(9-12)3-4-16-13/h1-4,9,16H,5-8,10H2,(H,19,20). The SMILES string of the molecule is O=C(O)CN1CCN(C(=O)c2ccc3[nH]ccc3c2)CC1. The van der Waals surface area contributed by atoms with Crippen molar-refractivity contribution in [3.8, 4) is 0 Å². The lowest BCUT2D eigenvalue weighted by molar-refractivity contribution is -0.138. The highest BCUT2D eigenvalue weighted by molar-refractivity contribution is 5.98. The van der Waals surface area contributed by atoms with Crippen LogP contribution in [0.1, 0.15) is 10.4 Å². The van der Waals surface area contributed by atoms with Crippen molar-refractivity contribution >= 4 is 22.8 Å². The third kappa shape index (κ3) is 2.90. The Hall–Kier alpha value is -2.34. The number of rotatable bonds is 3. The zero-order chi connectivity index (χ0) is 14.8. The summed E-state index contributed by atoms with van der Waals surface area (Å²) in [7, 11) is 0. The molecule has 1 aromatic heterocycles. The van der Waals surface area contributed by atoms with Gasteiger partial charge in [0.25, 0.3) is 5.91 Å². The summed E-state index contributed by atoms with van der Waals surface area (Å²) in [4.78, 5) is 29.9. The highest BCUT2D eigenvalue weighted by atomic mass is 16.4. The fourth-order valence-electron chi connectivity index (χ4n) is 2.67. The monoisotopic (exact) mass is 287 g/mol. The van der Waals surface area contributed by atoms with Crippen LogP contribution in [0.15, 0.2) is 30.5 Å². The van der Waals surface area contributed by atoms with E-state index in [0.717, 1.165) is 10.9 Å². The lowest BCUT2D eigenvalue weighted by atomic mass is 10.1. The van der Waals surface area contributed by atoms with Crippen LogP contribution >= 0.6 is 0 Å². The molecule has 0 saturated carbocycles. The second-order valence-corrected chi connectivity index (χ2v) is 5.24. The number of hydrogen-bond acceptors (Lipinski definition) is 3. The molecule has 0 atom stereocenters. The Labute approximate surface area is 122 Å². The molecule has 2 aromatic rings. The van der Waals surface area contributed by atoms with Crippen LogP contribution < -0.4 is 0 Å². The second kappa shape index (κ2) is 5.57. The average Bonchev–Trinajstić information content (AvgIpc) is 2.94. The minimum atomic E-state index is -0.826. The number of nitrogens with zero attached hydrogens (tertiary/aromatic N) is 2. The van der Waals surface area contributed by atoms with E-state index in [0.29, 0.717) is 31.7 Å². The highest BCUT2D eigenvalue weighted by Crippen LogP contribution is 2.16. The van der Waals surface area contributed by atoms with Gasteiger partial charge in [0.15, 0.2) is 0 Å². The summed E-state index contributed by atoms with van der Waals surface area (Å²) >= 11 is 0. The first-order chi connectivity index (χ1) is 10.1. The molecule has 6 nitrogen and oxygen atoms in total. The summed E-state index contributed by atoms with van der Waals surface area (Å²) in [6.45, 7) is 2.38. The fourth-order valence-corrected chi connectivity index (χ4v) is 2.67. The zero-order valence-electron chi connectivity index (χ0n) is 11.6. The van der Waals surface area contributed by atoms with E-state index in [1.165, 1.54) is 0 Å². The van der Waals surface area contributed by atoms with Gasteiger partial charge in [0, 0.05) is 48.8 Å². The molecule has 21 heavy (non-hydrogen) atoms. The molecule has 1 fully saturated rings. The Kier molecular flexibility index (Phi) is 3.62. The number of carbonyl (C=O) groups is 2. The summed E-state index contributed by atoms with van der Waals surface area (Å²) in [5, 5.41) is 9.79. The van der Waals surface area contributed by atoms with Crippen molar-refractivity contribution < 1.29 is 14.7 Å². The maximum Gasteiger partial charge on any atom is 0.317 e. The first-order valence-electron chi connectivity index (χ1n) is 6.94. The van der Waals surface area contributed by atoms with E-state index in [9.17, 15) is 9.59 Å². The molecule has 0 aliphatic carbocycles. The number of hydrogen-bond donors (Lipinski definition) is 2. The molecular weight excluding hydrogens is 270 g/mol. The molecule has 2 heterocycles. The Morgan fingerprint density at radius 1 is 1.14 bits per heavy atom. The number of aliphatic carboxylic acids is 1. The van der Waals surface area contributed by atoms with Crippen LogP contribution in [0.4, 0.5) is 0 Å². The molecule has 1 saturated heterocycles. The van der Waals surface area contributed by atoms with E-state index < -0.39 is 5.97 Å². The molecule has 0 spiro atoms. The summed E-state index contributed by atoms with van der Waals surface area (Å²) in [6, 6.07) is 7.56. The molecule has 3 rings (SSSR count). The molecule has 110 valence electrons. The van der Waals surface area contributed by atoms with Crippen molar-refractivity contribution in [3.05, 3.63) is 36.0 Å². The van der Waals surface area contributed by atoms with Crippen LogP contribution in [-0.2, 0) is 4.79 Å². The maximum atomic E-state index is 12.5. The zero-order valence-corrected chi connectivity index (χ0v) is 11.6. The van der Waals surface area contributed by atoms with Crippen molar-refractivity contribution in [1.29, 1.82) is 0 Å². The predicted octanol–water partition coefficient (Wildman–Crippen LogP) is 1.01. The fraction of sp³-hybridized carbons (Fsp3) is 0.333. The van der Waals surface area contributed by atoms with Crippen LogP contribution in [0.3, 0.4) is 0 Å². The number of carbonyl (C=O) groups excluding carboxylic acids is 1. The van der Waals surface area contributed by atoms with Gasteiger partial charge in [-0.3, -0.25) is 14.5 Å². The quantitative estimate of drug-likeness (QED) is 0.883. The van der Waals surface area contributed by atoms with Crippen LogP contribution in [0.2, 0.25) is 0 Å². The molecule has 0 bridgehead atoms. The molecule has 1 amide bonds. The number of carboxylic acids is 1. The smallest absolute Gasteiger partial charge is 0.317 e. The molecule has 2 N–H and O–H groups in total. The van der Waals surface area contributed by atoms with Gasteiger partial charge in [0.05, 0.1) is 6.54 Å². The highest BCUT2D eigenvalue weighted by Gasteiger charge is 2.23. The molecule has 1 aliphatic rings. The van der Waals surface area contributed by atoms with Gasteiger partial charge in [-0.05, 0) is 24.3 Å². The Morgan fingerprint density at radius 3 is 2.62 bits per heavy atom. The minimum absolute atomic E-state index is 0.00748. The largest absolute Gasteiger partial charge is 0.480 e. The van der Waals surface area contributed by atoms with E-state index >= 15 is 0 Å². The van der Waals surface area contributed by atoms with Gasteiger partial charge in [0.2, 0.25) is 0 Å². The normalized spacial score (nSPS) is 16.3. The third-order valence-corrected chi connectivity index (χ3v) is 3.82. The van der Waals surface area contributed by atoms with Gasteiger partial charge in [-0.25, -0.2) is 0 Å². The molecule has 1 aromatic carbocycles. The molecule has 0 radical (unpaired) electrons. The molecule has 0 unspecified atom stereocenters. The van der Waals surface area contributed by atoms with Crippen molar-refractivity contribution in [2.75, 3.05) is 32.7 Å². The second-order valence-electron chi connectivity index (χ2n) is 5.24. The van der Waals surface area contributed by atoms with Crippen molar-refractivity contribution in [1.82, 2.24) is 14.8 Å². The third-order valence-electron chi connectivity index (χ3n) is 3.82. The summed E-state index contributed by atoms with van der Waals surface area (Å²) < 4.78 is 0. The van der Waals surface area contributed by atoms with E-state index in [-0.39, 0.29) is 12.5 Å². The van der Waals surface area contributed by atoms with E-state index in [1.54, 1.807) is 4.90 Å². The molecule has 1 aliphatic heterocycles. The number of aromatic nitrogens is 1. The lowest BCUT2D eigenvalue weighted by Gasteiger charge is -2.33. The number of fused-ring (bicyclic) bond motifs is 1. The predicted molar refractivity (Wildman–Crippen MR) is 78.3 cm³/mol. The van der Waals surface area contributed by atoms with Gasteiger partial charge in [0.1, 0.15) is 0 Å². The van der Waals surface area contributed by atoms with Crippen LogP contribution in [0.25, 0.3) is 10.9 Å². The average molecular weight is 287 g/mol. The van der Waals surface area contributed by atoms with Gasteiger partial charge >= 0.3 is 5.97 Å². The Bertz CT molecular complexity index is 672. The van der Waals surface area contributed by atoms with E-state index in [2.05, 4.69) is 4.98 Å². The van der Waals surface area contributed by atoms with Crippen molar-refractivity contribution in [3.63, 3.8) is 0 Å². The topological polar surface area (TPSA) is 76.6 Å². The Balaban J connectivity index is 1.67. The lowest BCUT2D eigenvalue weighted by Crippen LogP contribution is -2.49. The molecule has 6 heteroatoms. The summed E-state index contributed by atoms with van der Waals surface area (Å²) in [6.07, 6.45) is 1.85. The number of amides is 1. The first-order valence-corrected chi connectivity index (χ1v) is 6.94. The number of piperazine rings is 1. The van der Waals surface area contributed by atoms with Crippen LogP contribution in [0.5, 0.6) is 0 Å². The van der Waals surface area contributed by atoms with Crippen molar-refractivity contribution in [2.24, 2.45) is 0 Å². The maximum absolute atomic E-state index is 12.5. The van der Waals surface area contributed by atoms with E-state index in [4.69, 9.17) is 5.11 Å². The van der Waals surface area contributed by atoms with Gasteiger partial charge < -0.3 is 15.0 Å².